The third kappa shape index (κ3) is 6.11. The highest BCUT2D eigenvalue weighted by molar-refractivity contribution is 7.85. The standard InChI is InChI=1S/C12H14ClNO6S/c13-10(8-4-2-1-3-5-8)11(15)14-9(12(16)17)6-7-21(18,19)20/h1-5,9-10H,6-7H2,(H,14,15)(H,16,17)(H,18,19,20)/t9-,10?/m0/s1. The molecule has 0 saturated carbocycles. The molecule has 1 unspecified atom stereocenters. The molecule has 1 aromatic rings. The Labute approximate surface area is 126 Å². The van der Waals surface area contributed by atoms with Crippen molar-refractivity contribution in [3.05, 3.63) is 35.9 Å². The molecular weight excluding hydrogens is 322 g/mol. The zero-order valence-electron chi connectivity index (χ0n) is 10.8. The first-order valence-corrected chi connectivity index (χ1v) is 7.92. The van der Waals surface area contributed by atoms with Crippen LogP contribution in [0.5, 0.6) is 0 Å². The van der Waals surface area contributed by atoms with Gasteiger partial charge in [0, 0.05) is 0 Å². The zero-order valence-corrected chi connectivity index (χ0v) is 12.3. The fourth-order valence-electron chi connectivity index (χ4n) is 1.54. The number of nitrogens with one attached hydrogen (secondary N) is 1. The lowest BCUT2D eigenvalue weighted by Gasteiger charge is -2.16. The van der Waals surface area contributed by atoms with E-state index in [2.05, 4.69) is 5.32 Å². The van der Waals surface area contributed by atoms with Crippen molar-refractivity contribution < 1.29 is 27.7 Å². The maximum Gasteiger partial charge on any atom is 0.326 e. The van der Waals surface area contributed by atoms with Gasteiger partial charge < -0.3 is 10.4 Å². The highest BCUT2D eigenvalue weighted by Crippen LogP contribution is 2.20. The van der Waals surface area contributed by atoms with Gasteiger partial charge in [0.2, 0.25) is 5.91 Å². The highest BCUT2D eigenvalue weighted by atomic mass is 35.5. The average molecular weight is 336 g/mol. The summed E-state index contributed by atoms with van der Waals surface area (Å²) >= 11 is 5.92. The van der Waals surface area contributed by atoms with Crippen molar-refractivity contribution in [3.8, 4) is 0 Å². The average Bonchev–Trinajstić information content (AvgIpc) is 2.42. The van der Waals surface area contributed by atoms with Crippen molar-refractivity contribution in [1.29, 1.82) is 0 Å². The van der Waals surface area contributed by atoms with Gasteiger partial charge >= 0.3 is 5.97 Å². The summed E-state index contributed by atoms with van der Waals surface area (Å²) in [5.74, 6) is -2.95. The molecule has 0 aliphatic rings. The van der Waals surface area contributed by atoms with Gasteiger partial charge in [0.05, 0.1) is 5.75 Å². The smallest absolute Gasteiger partial charge is 0.326 e. The third-order valence-electron chi connectivity index (χ3n) is 2.60. The second-order valence-electron chi connectivity index (χ2n) is 4.25. The van der Waals surface area contributed by atoms with E-state index in [1.165, 1.54) is 0 Å². The Hall–Kier alpha value is -1.64. The largest absolute Gasteiger partial charge is 0.480 e. The second kappa shape index (κ2) is 7.39. The van der Waals surface area contributed by atoms with E-state index >= 15 is 0 Å². The number of carboxylic acid groups (broad SMARTS) is 1. The summed E-state index contributed by atoms with van der Waals surface area (Å²) in [4.78, 5) is 22.8. The van der Waals surface area contributed by atoms with Gasteiger partial charge in [0.15, 0.2) is 0 Å². The molecule has 3 N–H and O–H groups in total. The first-order valence-electron chi connectivity index (χ1n) is 5.88. The van der Waals surface area contributed by atoms with Crippen LogP contribution in [0, 0.1) is 0 Å². The van der Waals surface area contributed by atoms with Gasteiger partial charge in [-0.2, -0.15) is 8.42 Å². The van der Waals surface area contributed by atoms with Gasteiger partial charge in [0.25, 0.3) is 10.1 Å². The summed E-state index contributed by atoms with van der Waals surface area (Å²) in [6, 6.07) is 6.83. The molecule has 0 aliphatic carbocycles. The second-order valence-corrected chi connectivity index (χ2v) is 6.26. The SMILES string of the molecule is O=C(N[C@@H](CCS(=O)(=O)O)C(=O)O)C(Cl)c1ccccc1. The third-order valence-corrected chi connectivity index (χ3v) is 3.80. The van der Waals surface area contributed by atoms with Crippen molar-refractivity contribution in [2.24, 2.45) is 0 Å². The van der Waals surface area contributed by atoms with Gasteiger partial charge in [0.1, 0.15) is 11.4 Å². The monoisotopic (exact) mass is 335 g/mol. The molecule has 0 aliphatic heterocycles. The van der Waals surface area contributed by atoms with E-state index in [4.69, 9.17) is 21.3 Å². The molecule has 116 valence electrons. The van der Waals surface area contributed by atoms with E-state index in [-0.39, 0.29) is 0 Å². The molecule has 1 rings (SSSR count). The number of rotatable bonds is 7. The molecule has 0 saturated heterocycles. The first kappa shape index (κ1) is 17.4. The molecule has 7 nitrogen and oxygen atoms in total. The van der Waals surface area contributed by atoms with Crippen LogP contribution in [0.4, 0.5) is 0 Å². The summed E-state index contributed by atoms with van der Waals surface area (Å²) < 4.78 is 29.9. The fourth-order valence-corrected chi connectivity index (χ4v) is 2.28. The van der Waals surface area contributed by atoms with Crippen LogP contribution in [0.2, 0.25) is 0 Å². The Morgan fingerprint density at radius 2 is 1.81 bits per heavy atom. The van der Waals surface area contributed by atoms with Gasteiger partial charge in [-0.25, -0.2) is 4.79 Å². The molecular formula is C12H14ClNO6S. The molecule has 1 aromatic carbocycles. The fraction of sp³-hybridized carbons (Fsp3) is 0.333. The zero-order chi connectivity index (χ0) is 16.0. The molecule has 0 heterocycles. The Kier molecular flexibility index (Phi) is 6.13. The summed E-state index contributed by atoms with van der Waals surface area (Å²) in [5, 5.41) is 9.98. The van der Waals surface area contributed by atoms with Gasteiger partial charge in [-0.1, -0.05) is 30.3 Å². The van der Waals surface area contributed by atoms with Crippen molar-refractivity contribution >= 4 is 33.6 Å². The van der Waals surface area contributed by atoms with Crippen LogP contribution in [-0.2, 0) is 19.7 Å². The highest BCUT2D eigenvalue weighted by Gasteiger charge is 2.26. The van der Waals surface area contributed by atoms with Crippen LogP contribution in [0.15, 0.2) is 30.3 Å². The molecule has 0 bridgehead atoms. The molecule has 0 aromatic heterocycles. The lowest BCUT2D eigenvalue weighted by Crippen LogP contribution is -2.43. The van der Waals surface area contributed by atoms with Crippen molar-refractivity contribution in [2.75, 3.05) is 5.75 Å². The number of aliphatic carboxylic acids is 1. The van der Waals surface area contributed by atoms with Crippen LogP contribution in [0.3, 0.4) is 0 Å². The number of carbonyl (C=O) groups excluding carboxylic acids is 1. The van der Waals surface area contributed by atoms with Crippen molar-refractivity contribution in [1.82, 2.24) is 5.32 Å². The molecule has 21 heavy (non-hydrogen) atoms. The summed E-state index contributed by atoms with van der Waals surface area (Å²) in [6.07, 6.45) is -0.460. The topological polar surface area (TPSA) is 121 Å². The number of alkyl halides is 1. The van der Waals surface area contributed by atoms with Crippen LogP contribution >= 0.6 is 11.6 Å². The van der Waals surface area contributed by atoms with Gasteiger partial charge in [-0.15, -0.1) is 11.6 Å². The van der Waals surface area contributed by atoms with E-state index < -0.39 is 45.6 Å². The summed E-state index contributed by atoms with van der Waals surface area (Å²) in [5.41, 5.74) is 0.482. The number of carbonyl (C=O) groups is 2. The van der Waals surface area contributed by atoms with Crippen LogP contribution in [0.25, 0.3) is 0 Å². The van der Waals surface area contributed by atoms with E-state index in [0.717, 1.165) is 0 Å². The Bertz CT molecular complexity index is 603. The van der Waals surface area contributed by atoms with E-state index in [9.17, 15) is 18.0 Å². The van der Waals surface area contributed by atoms with Gasteiger partial charge in [-0.3, -0.25) is 9.35 Å². The molecule has 9 heteroatoms. The molecule has 2 atom stereocenters. The Morgan fingerprint density at radius 3 is 2.29 bits per heavy atom. The summed E-state index contributed by atoms with van der Waals surface area (Å²) in [7, 11) is -4.31. The van der Waals surface area contributed by atoms with Crippen LogP contribution in [-0.4, -0.2) is 41.7 Å². The quantitative estimate of drug-likeness (QED) is 0.501. The van der Waals surface area contributed by atoms with Gasteiger partial charge in [-0.05, 0) is 12.0 Å². The van der Waals surface area contributed by atoms with Crippen molar-refractivity contribution in [2.45, 2.75) is 17.8 Å². The number of amides is 1. The Morgan fingerprint density at radius 1 is 1.24 bits per heavy atom. The van der Waals surface area contributed by atoms with E-state index in [0.29, 0.717) is 5.56 Å². The Balaban J connectivity index is 2.71. The number of carboxylic acids is 1. The summed E-state index contributed by atoms with van der Waals surface area (Å²) in [6.45, 7) is 0. The number of benzene rings is 1. The minimum atomic E-state index is -4.31. The molecule has 1 amide bonds. The van der Waals surface area contributed by atoms with E-state index in [1.54, 1.807) is 30.3 Å². The van der Waals surface area contributed by atoms with E-state index in [1.807, 2.05) is 0 Å². The number of hydrogen-bond donors (Lipinski definition) is 3. The lowest BCUT2D eigenvalue weighted by molar-refractivity contribution is -0.141. The first-order chi connectivity index (χ1) is 9.70. The molecule has 0 fully saturated rings. The van der Waals surface area contributed by atoms with Crippen molar-refractivity contribution in [3.63, 3.8) is 0 Å². The predicted octanol–water partition coefficient (Wildman–Crippen LogP) is 0.814. The maximum atomic E-state index is 11.9. The number of hydrogen-bond acceptors (Lipinski definition) is 4. The normalized spacial score (nSPS) is 14.2. The predicted molar refractivity (Wildman–Crippen MR) is 75.6 cm³/mol. The molecule has 0 radical (unpaired) electrons. The minimum Gasteiger partial charge on any atom is -0.480 e. The minimum absolute atomic E-state index is 0.460. The molecule has 0 spiro atoms. The van der Waals surface area contributed by atoms with Crippen LogP contribution < -0.4 is 5.32 Å². The maximum absolute atomic E-state index is 11.9. The number of halogens is 1. The van der Waals surface area contributed by atoms with Crippen LogP contribution in [0.1, 0.15) is 17.4 Å². The lowest BCUT2D eigenvalue weighted by atomic mass is 10.1.